The van der Waals surface area contributed by atoms with Gasteiger partial charge in [-0.1, -0.05) is 31.6 Å². The molecule has 1 rings (SSSR count). The highest BCUT2D eigenvalue weighted by molar-refractivity contribution is 5.78. The maximum Gasteiger partial charge on any atom is 0.223 e. The van der Waals surface area contributed by atoms with E-state index in [1.807, 2.05) is 4.90 Å². The zero-order valence-electron chi connectivity index (χ0n) is 11.1. The molecule has 3 heteroatoms. The number of nitrogens with one attached hydrogen (secondary N) is 1. The van der Waals surface area contributed by atoms with Crippen molar-refractivity contribution in [2.24, 2.45) is 0 Å². The van der Waals surface area contributed by atoms with Crippen molar-refractivity contribution in [3.8, 4) is 11.8 Å². The summed E-state index contributed by atoms with van der Waals surface area (Å²) in [6, 6.07) is 0.370. The first kappa shape index (κ1) is 14.1. The Hall–Kier alpha value is -1.01. The lowest BCUT2D eigenvalue weighted by atomic mass is 10.2. The SMILES string of the molecule is CCCCCNCC#CCN1C(=O)CCC1C. The molecular formula is C14H24N2O. The number of hydrogen-bond donors (Lipinski definition) is 1. The zero-order valence-corrected chi connectivity index (χ0v) is 11.1. The van der Waals surface area contributed by atoms with Crippen LogP contribution in [0.1, 0.15) is 46.0 Å². The number of carbonyl (C=O) groups excluding carboxylic acids is 1. The smallest absolute Gasteiger partial charge is 0.223 e. The second-order valence-corrected chi connectivity index (χ2v) is 4.65. The monoisotopic (exact) mass is 236 g/mol. The second kappa shape index (κ2) is 8.14. The minimum absolute atomic E-state index is 0.253. The highest BCUT2D eigenvalue weighted by atomic mass is 16.2. The summed E-state index contributed by atoms with van der Waals surface area (Å²) < 4.78 is 0. The van der Waals surface area contributed by atoms with E-state index in [0.29, 0.717) is 19.0 Å². The Morgan fingerprint density at radius 2 is 2.24 bits per heavy atom. The van der Waals surface area contributed by atoms with Crippen molar-refractivity contribution in [3.05, 3.63) is 0 Å². The number of carbonyl (C=O) groups is 1. The first-order chi connectivity index (χ1) is 8.25. The molecule has 96 valence electrons. The molecule has 1 N–H and O–H groups in total. The largest absolute Gasteiger partial charge is 0.329 e. The number of hydrogen-bond acceptors (Lipinski definition) is 2. The van der Waals surface area contributed by atoms with Gasteiger partial charge in [-0.2, -0.15) is 0 Å². The molecule has 1 aliphatic heterocycles. The van der Waals surface area contributed by atoms with Gasteiger partial charge in [-0.15, -0.1) is 0 Å². The number of likely N-dealkylation sites (tertiary alicyclic amines) is 1. The van der Waals surface area contributed by atoms with Crippen molar-refractivity contribution >= 4 is 5.91 Å². The van der Waals surface area contributed by atoms with E-state index in [4.69, 9.17) is 0 Å². The topological polar surface area (TPSA) is 32.3 Å². The van der Waals surface area contributed by atoms with Crippen LogP contribution in [0.25, 0.3) is 0 Å². The molecule has 1 amide bonds. The van der Waals surface area contributed by atoms with Crippen molar-refractivity contribution in [1.29, 1.82) is 0 Å². The van der Waals surface area contributed by atoms with Gasteiger partial charge in [0.05, 0.1) is 13.1 Å². The van der Waals surface area contributed by atoms with Gasteiger partial charge in [0, 0.05) is 12.5 Å². The van der Waals surface area contributed by atoms with E-state index >= 15 is 0 Å². The fourth-order valence-electron chi connectivity index (χ4n) is 1.98. The van der Waals surface area contributed by atoms with E-state index in [1.54, 1.807) is 0 Å². The molecule has 0 aromatic heterocycles. The average Bonchev–Trinajstić information content (AvgIpc) is 2.63. The molecule has 1 atom stereocenters. The maximum atomic E-state index is 11.5. The van der Waals surface area contributed by atoms with E-state index < -0.39 is 0 Å². The van der Waals surface area contributed by atoms with E-state index in [-0.39, 0.29) is 5.91 Å². The molecule has 0 saturated carbocycles. The lowest BCUT2D eigenvalue weighted by Gasteiger charge is -2.17. The predicted octanol–water partition coefficient (Wildman–Crippen LogP) is 1.78. The molecule has 1 fully saturated rings. The van der Waals surface area contributed by atoms with Crippen LogP contribution in [0.4, 0.5) is 0 Å². The van der Waals surface area contributed by atoms with Crippen molar-refractivity contribution < 1.29 is 4.79 Å². The van der Waals surface area contributed by atoms with Crippen LogP contribution in [0.15, 0.2) is 0 Å². The van der Waals surface area contributed by atoms with E-state index in [1.165, 1.54) is 19.3 Å². The summed E-state index contributed by atoms with van der Waals surface area (Å²) >= 11 is 0. The van der Waals surface area contributed by atoms with E-state index in [9.17, 15) is 4.79 Å². The van der Waals surface area contributed by atoms with Gasteiger partial charge in [-0.05, 0) is 26.3 Å². The maximum absolute atomic E-state index is 11.5. The molecule has 0 bridgehead atoms. The van der Waals surface area contributed by atoms with Crippen molar-refractivity contribution in [3.63, 3.8) is 0 Å². The Morgan fingerprint density at radius 3 is 2.88 bits per heavy atom. The van der Waals surface area contributed by atoms with Crippen molar-refractivity contribution in [1.82, 2.24) is 10.2 Å². The molecule has 1 saturated heterocycles. The number of rotatable bonds is 6. The molecule has 3 nitrogen and oxygen atoms in total. The Labute approximate surface area is 105 Å². The van der Waals surface area contributed by atoms with Crippen molar-refractivity contribution in [2.75, 3.05) is 19.6 Å². The summed E-state index contributed by atoms with van der Waals surface area (Å²) in [4.78, 5) is 13.3. The Morgan fingerprint density at radius 1 is 1.41 bits per heavy atom. The minimum atomic E-state index is 0.253. The van der Waals surface area contributed by atoms with Gasteiger partial charge in [0.2, 0.25) is 5.91 Å². The van der Waals surface area contributed by atoms with Crippen LogP contribution in [0, 0.1) is 11.8 Å². The molecule has 0 aromatic carbocycles. The molecule has 0 aliphatic carbocycles. The summed E-state index contributed by atoms with van der Waals surface area (Å²) in [6.07, 6.45) is 5.43. The molecule has 1 heterocycles. The van der Waals surface area contributed by atoms with Gasteiger partial charge < -0.3 is 10.2 Å². The summed E-state index contributed by atoms with van der Waals surface area (Å²) in [5.74, 6) is 6.40. The fraction of sp³-hybridized carbons (Fsp3) is 0.786. The third-order valence-electron chi connectivity index (χ3n) is 3.17. The first-order valence-corrected chi connectivity index (χ1v) is 6.71. The van der Waals surface area contributed by atoms with Gasteiger partial charge in [-0.25, -0.2) is 0 Å². The molecule has 17 heavy (non-hydrogen) atoms. The molecule has 0 radical (unpaired) electrons. The summed E-state index contributed by atoms with van der Waals surface area (Å²) in [7, 11) is 0. The van der Waals surface area contributed by atoms with Crippen molar-refractivity contribution in [2.45, 2.75) is 52.0 Å². The molecular weight excluding hydrogens is 212 g/mol. The lowest BCUT2D eigenvalue weighted by Crippen LogP contribution is -2.31. The first-order valence-electron chi connectivity index (χ1n) is 6.71. The van der Waals surface area contributed by atoms with Crippen LogP contribution < -0.4 is 5.32 Å². The molecule has 1 aliphatic rings. The van der Waals surface area contributed by atoms with Gasteiger partial charge >= 0.3 is 0 Å². The van der Waals surface area contributed by atoms with Crippen LogP contribution in [0.3, 0.4) is 0 Å². The normalized spacial score (nSPS) is 19.3. The van der Waals surface area contributed by atoms with Crippen LogP contribution in [0.2, 0.25) is 0 Å². The van der Waals surface area contributed by atoms with Crippen LogP contribution >= 0.6 is 0 Å². The standard InChI is InChI=1S/C14H24N2O/c1-3-4-5-10-15-11-6-7-12-16-13(2)8-9-14(16)17/h13,15H,3-5,8-12H2,1-2H3. The number of nitrogens with zero attached hydrogens (tertiary/aromatic N) is 1. The Balaban J connectivity index is 2.08. The van der Waals surface area contributed by atoms with Crippen LogP contribution in [0.5, 0.6) is 0 Å². The van der Waals surface area contributed by atoms with E-state index in [2.05, 4.69) is 31.0 Å². The predicted molar refractivity (Wildman–Crippen MR) is 70.6 cm³/mol. The second-order valence-electron chi connectivity index (χ2n) is 4.65. The molecule has 0 spiro atoms. The van der Waals surface area contributed by atoms with Crippen LogP contribution in [-0.2, 0) is 4.79 Å². The Bertz CT molecular complexity index is 290. The van der Waals surface area contributed by atoms with Gasteiger partial charge in [0.15, 0.2) is 0 Å². The quantitative estimate of drug-likeness (QED) is 0.563. The van der Waals surface area contributed by atoms with Gasteiger partial charge in [0.1, 0.15) is 0 Å². The minimum Gasteiger partial charge on any atom is -0.329 e. The highest BCUT2D eigenvalue weighted by Gasteiger charge is 2.26. The third kappa shape index (κ3) is 5.23. The average molecular weight is 236 g/mol. The van der Waals surface area contributed by atoms with Gasteiger partial charge in [0.25, 0.3) is 0 Å². The summed E-state index contributed by atoms with van der Waals surface area (Å²) in [5, 5.41) is 3.29. The number of unbranched alkanes of at least 4 members (excludes halogenated alkanes) is 2. The highest BCUT2D eigenvalue weighted by Crippen LogP contribution is 2.16. The lowest BCUT2D eigenvalue weighted by molar-refractivity contribution is -0.128. The summed E-state index contributed by atoms with van der Waals surface area (Å²) in [5.41, 5.74) is 0. The zero-order chi connectivity index (χ0) is 12.5. The molecule has 1 unspecified atom stereocenters. The Kier molecular flexibility index (Phi) is 6.73. The summed E-state index contributed by atoms with van der Waals surface area (Å²) in [6.45, 7) is 6.67. The number of amides is 1. The molecule has 0 aromatic rings. The van der Waals surface area contributed by atoms with Gasteiger partial charge in [-0.3, -0.25) is 4.79 Å². The fourth-order valence-corrected chi connectivity index (χ4v) is 1.98. The van der Waals surface area contributed by atoms with Crippen LogP contribution in [-0.4, -0.2) is 36.5 Å². The van der Waals surface area contributed by atoms with E-state index in [0.717, 1.165) is 19.5 Å². The third-order valence-corrected chi connectivity index (χ3v) is 3.17.